The second kappa shape index (κ2) is 5.56. The van der Waals surface area contributed by atoms with Gasteiger partial charge in [0.25, 0.3) is 0 Å². The molecule has 0 radical (unpaired) electrons. The first-order valence-electron chi connectivity index (χ1n) is 3.35. The van der Waals surface area contributed by atoms with Crippen molar-refractivity contribution in [3.05, 3.63) is 0 Å². The molecule has 0 fully saturated rings. The number of hydrogen-bond donors (Lipinski definition) is 0. The van der Waals surface area contributed by atoms with Gasteiger partial charge >= 0.3 is 16.5 Å². The second-order valence-corrected chi connectivity index (χ2v) is 7.46. The molecule has 2 atom stereocenters. The molecule has 0 heterocycles. The molecule has 0 saturated carbocycles. The van der Waals surface area contributed by atoms with Crippen molar-refractivity contribution in [3.63, 3.8) is 0 Å². The third-order valence-corrected chi connectivity index (χ3v) is 5.78. The number of thioether (sulfide) groups is 1. The highest BCUT2D eigenvalue weighted by Gasteiger charge is 2.55. The number of alkyl halides is 9. The van der Waals surface area contributed by atoms with Crippen molar-refractivity contribution in [1.82, 2.24) is 0 Å². The van der Waals surface area contributed by atoms with Gasteiger partial charge in [0.1, 0.15) is 0 Å². The van der Waals surface area contributed by atoms with Gasteiger partial charge in [-0.05, 0) is 11.8 Å². The summed E-state index contributed by atoms with van der Waals surface area (Å²) in [5.74, 6) is 0. The van der Waals surface area contributed by atoms with Crippen LogP contribution in [-0.2, 0) is 21.6 Å². The Hall–Kier alpha value is 0.0200. The van der Waals surface area contributed by atoms with Gasteiger partial charge in [-0.2, -0.15) is 39.5 Å². The van der Waals surface area contributed by atoms with E-state index in [1.165, 1.54) is 0 Å². The van der Waals surface area contributed by atoms with Gasteiger partial charge in [-0.25, -0.2) is 8.42 Å². The van der Waals surface area contributed by atoms with Crippen LogP contribution in [0, 0.1) is 0 Å². The Kier molecular flexibility index (Phi) is 5.57. The predicted octanol–water partition coefficient (Wildman–Crippen LogP) is 3.06. The molecule has 0 amide bonds. The molecule has 2 unspecified atom stereocenters. The molecule has 14 heteroatoms. The zero-order chi connectivity index (χ0) is 14.9. The maximum Gasteiger partial charge on any atom is 0.473 e. The second-order valence-electron chi connectivity index (χ2n) is 2.34. The largest absolute Gasteiger partial charge is 0.473 e. The molecular weight excluding hydrogens is 347 g/mol. The summed E-state index contributed by atoms with van der Waals surface area (Å²) in [5.41, 5.74) is -17.2. The molecule has 0 aliphatic rings. The van der Waals surface area contributed by atoms with E-state index in [1.54, 1.807) is 0 Å². The number of rotatable bonds is 3. The van der Waals surface area contributed by atoms with Crippen molar-refractivity contribution >= 4 is 33.4 Å². The lowest BCUT2D eigenvalue weighted by Gasteiger charge is -2.19. The van der Waals surface area contributed by atoms with Crippen LogP contribution in [0.2, 0.25) is 0 Å². The Morgan fingerprint density at radius 3 is 1.17 bits per heavy atom. The zero-order valence-electron chi connectivity index (χ0n) is 7.52. The van der Waals surface area contributed by atoms with E-state index in [4.69, 9.17) is 0 Å². The first kappa shape index (κ1) is 18.0. The van der Waals surface area contributed by atoms with Crippen LogP contribution in [0.4, 0.5) is 39.5 Å². The molecule has 0 saturated heterocycles. The highest BCUT2D eigenvalue weighted by atomic mass is 32.3. The van der Waals surface area contributed by atoms with E-state index in [0.29, 0.717) is 0 Å². The Labute approximate surface area is 102 Å². The van der Waals surface area contributed by atoms with Gasteiger partial charge in [0.05, 0.1) is 0 Å². The minimum absolute atomic E-state index is 1.87. The Morgan fingerprint density at radius 2 is 1.00 bits per heavy atom. The summed E-state index contributed by atoms with van der Waals surface area (Å²) in [5, 5.41) is 0. The third kappa shape index (κ3) is 5.77. The van der Waals surface area contributed by atoms with E-state index in [1.807, 2.05) is 0 Å². The van der Waals surface area contributed by atoms with E-state index in [9.17, 15) is 47.9 Å². The number of hydrogen-bond acceptors (Lipinski definition) is 3. The molecular formula is C4HF9O2S3. The summed E-state index contributed by atoms with van der Waals surface area (Å²) in [4.78, 5) is 0. The first-order valence-corrected chi connectivity index (χ1v) is 6.66. The van der Waals surface area contributed by atoms with Crippen LogP contribution in [-0.4, -0.2) is 28.9 Å². The van der Waals surface area contributed by atoms with Crippen LogP contribution in [0.3, 0.4) is 0 Å². The van der Waals surface area contributed by atoms with Crippen LogP contribution in [0.15, 0.2) is 0 Å². The average molecular weight is 348 g/mol. The lowest BCUT2D eigenvalue weighted by molar-refractivity contribution is -0.0409. The van der Waals surface area contributed by atoms with Crippen molar-refractivity contribution in [2.24, 2.45) is 0 Å². The lowest BCUT2D eigenvalue weighted by atomic mass is 11.5. The molecule has 0 aliphatic heterocycles. The van der Waals surface area contributed by atoms with Crippen LogP contribution < -0.4 is 0 Å². The van der Waals surface area contributed by atoms with E-state index in [2.05, 4.69) is 0 Å². The summed E-state index contributed by atoms with van der Waals surface area (Å²) in [7, 11) is -9.15. The summed E-state index contributed by atoms with van der Waals surface area (Å²) >= 11 is -1.87. The van der Waals surface area contributed by atoms with E-state index >= 15 is 0 Å². The molecule has 18 heavy (non-hydrogen) atoms. The molecule has 2 nitrogen and oxygen atoms in total. The molecule has 0 aromatic rings. The fraction of sp³-hybridized carbons (Fsp3) is 1.00. The Morgan fingerprint density at radius 1 is 0.722 bits per heavy atom. The van der Waals surface area contributed by atoms with Crippen molar-refractivity contribution in [2.75, 3.05) is 0 Å². The molecule has 0 rings (SSSR count). The fourth-order valence-corrected chi connectivity index (χ4v) is 4.45. The van der Waals surface area contributed by atoms with Gasteiger partial charge in [0.15, 0.2) is 25.5 Å². The molecule has 0 N–H and O–H groups in total. The molecule has 0 aliphatic carbocycles. The molecule has 110 valence electrons. The van der Waals surface area contributed by atoms with Crippen molar-refractivity contribution in [1.29, 1.82) is 0 Å². The SMILES string of the molecule is O=S(C(SC(F)(F)F)S(=O)C(F)(F)F)C(F)(F)F. The van der Waals surface area contributed by atoms with Gasteiger partial charge in [0.2, 0.25) is 0 Å². The molecule has 0 aromatic carbocycles. The quantitative estimate of drug-likeness (QED) is 0.736. The standard InChI is InChI=1S/C4HF9O2S3/c5-2(6,7)16-1(17(14)3(8,9)10)18(15)4(11,12)13/h1H. The highest BCUT2D eigenvalue weighted by Crippen LogP contribution is 2.43. The zero-order valence-corrected chi connectivity index (χ0v) is 9.97. The van der Waals surface area contributed by atoms with Gasteiger partial charge in [-0.3, -0.25) is 0 Å². The maximum atomic E-state index is 11.8. The van der Waals surface area contributed by atoms with Gasteiger partial charge in [-0.1, -0.05) is 0 Å². The van der Waals surface area contributed by atoms with Crippen LogP contribution in [0.5, 0.6) is 0 Å². The molecule has 0 spiro atoms. The van der Waals surface area contributed by atoms with Crippen molar-refractivity contribution in [3.8, 4) is 0 Å². The lowest BCUT2D eigenvalue weighted by Crippen LogP contribution is -2.36. The van der Waals surface area contributed by atoms with Crippen LogP contribution >= 0.6 is 11.8 Å². The van der Waals surface area contributed by atoms with Gasteiger partial charge in [-0.15, -0.1) is 0 Å². The first-order chi connectivity index (χ1) is 7.66. The minimum atomic E-state index is -5.84. The topological polar surface area (TPSA) is 34.1 Å². The summed E-state index contributed by atoms with van der Waals surface area (Å²) < 4.78 is 124. The van der Waals surface area contributed by atoms with Crippen LogP contribution in [0.25, 0.3) is 0 Å². The minimum Gasteiger partial charge on any atom is -0.248 e. The Bertz CT molecular complexity index is 315. The smallest absolute Gasteiger partial charge is 0.248 e. The fourth-order valence-electron chi connectivity index (χ4n) is 0.494. The van der Waals surface area contributed by atoms with E-state index < -0.39 is 53.8 Å². The summed E-state index contributed by atoms with van der Waals surface area (Å²) in [6.07, 6.45) is 0. The Balaban J connectivity index is 5.34. The average Bonchev–Trinajstić information content (AvgIpc) is 2.07. The normalized spacial score (nSPS) is 19.4. The van der Waals surface area contributed by atoms with Crippen molar-refractivity contribution in [2.45, 2.75) is 20.4 Å². The summed E-state index contributed by atoms with van der Waals surface area (Å²) in [6.45, 7) is 0. The molecule has 0 aromatic heterocycles. The maximum absolute atomic E-state index is 11.8. The predicted molar refractivity (Wildman–Crippen MR) is 45.8 cm³/mol. The van der Waals surface area contributed by atoms with E-state index in [0.717, 1.165) is 0 Å². The highest BCUT2D eigenvalue weighted by molar-refractivity contribution is 8.24. The third-order valence-electron chi connectivity index (χ3n) is 1.04. The van der Waals surface area contributed by atoms with Gasteiger partial charge < -0.3 is 0 Å². The van der Waals surface area contributed by atoms with Crippen molar-refractivity contribution < 1.29 is 47.9 Å². The van der Waals surface area contributed by atoms with E-state index in [-0.39, 0.29) is 0 Å². The monoisotopic (exact) mass is 348 g/mol. The van der Waals surface area contributed by atoms with Gasteiger partial charge in [0, 0.05) is 0 Å². The summed E-state index contributed by atoms with van der Waals surface area (Å²) in [6, 6.07) is 0. The van der Waals surface area contributed by atoms with Crippen LogP contribution in [0.1, 0.15) is 0 Å². The molecule has 0 bridgehead atoms. The number of halogens is 9.